The summed E-state index contributed by atoms with van der Waals surface area (Å²) in [6, 6.07) is 4.09. The first kappa shape index (κ1) is 13.5. The molecule has 1 aliphatic heterocycles. The molecule has 0 aliphatic carbocycles. The van der Waals surface area contributed by atoms with E-state index in [-0.39, 0.29) is 18.5 Å². The minimum Gasteiger partial charge on any atom is -0.366 e. The molecule has 0 bridgehead atoms. The minimum absolute atomic E-state index is 0. The number of halogens is 1. The zero-order valence-corrected chi connectivity index (χ0v) is 11.3. The van der Waals surface area contributed by atoms with E-state index in [1.807, 2.05) is 11.4 Å². The summed E-state index contributed by atoms with van der Waals surface area (Å²) in [5.41, 5.74) is 0. The number of morpholine rings is 1. The van der Waals surface area contributed by atoms with Gasteiger partial charge in [0, 0.05) is 24.4 Å². The topological polar surface area (TPSA) is 60.2 Å². The fourth-order valence-corrected chi connectivity index (χ4v) is 2.46. The summed E-state index contributed by atoms with van der Waals surface area (Å²) in [5.74, 6) is 1.29. The molecule has 0 radical (unpaired) electrons. The first-order chi connectivity index (χ1) is 8.42. The van der Waals surface area contributed by atoms with Crippen molar-refractivity contribution in [3.8, 4) is 0 Å². The Morgan fingerprint density at radius 3 is 3.17 bits per heavy atom. The highest BCUT2D eigenvalue weighted by Gasteiger charge is 2.22. The second-order valence-electron chi connectivity index (χ2n) is 3.87. The summed E-state index contributed by atoms with van der Waals surface area (Å²) >= 11 is 1.70. The fraction of sp³-hybridized carbons (Fsp3) is 0.455. The summed E-state index contributed by atoms with van der Waals surface area (Å²) in [7, 11) is 0. The zero-order valence-electron chi connectivity index (χ0n) is 9.67. The van der Waals surface area contributed by atoms with Crippen LogP contribution in [0.4, 0.5) is 0 Å². The highest BCUT2D eigenvalue weighted by atomic mass is 35.5. The van der Waals surface area contributed by atoms with Crippen LogP contribution in [0.15, 0.2) is 22.0 Å². The zero-order chi connectivity index (χ0) is 11.5. The van der Waals surface area contributed by atoms with Gasteiger partial charge < -0.3 is 14.6 Å². The van der Waals surface area contributed by atoms with Crippen molar-refractivity contribution in [1.29, 1.82) is 0 Å². The van der Waals surface area contributed by atoms with Gasteiger partial charge in [-0.3, -0.25) is 0 Å². The van der Waals surface area contributed by atoms with Crippen LogP contribution in [0, 0.1) is 0 Å². The van der Waals surface area contributed by atoms with E-state index in [9.17, 15) is 0 Å². The van der Waals surface area contributed by atoms with Crippen LogP contribution in [0.2, 0.25) is 0 Å². The van der Waals surface area contributed by atoms with E-state index < -0.39 is 0 Å². The molecule has 3 rings (SSSR count). The number of thiophene rings is 1. The van der Waals surface area contributed by atoms with Crippen LogP contribution in [0.5, 0.6) is 0 Å². The number of hydrogen-bond acceptors (Lipinski definition) is 6. The van der Waals surface area contributed by atoms with Gasteiger partial charge in [0.2, 0.25) is 0 Å². The highest BCUT2D eigenvalue weighted by Crippen LogP contribution is 2.18. The summed E-state index contributed by atoms with van der Waals surface area (Å²) in [4.78, 5) is 5.61. The van der Waals surface area contributed by atoms with Crippen LogP contribution in [0.3, 0.4) is 0 Å². The molecule has 1 unspecified atom stereocenters. The van der Waals surface area contributed by atoms with Gasteiger partial charge in [-0.05, 0) is 11.4 Å². The maximum absolute atomic E-state index is 5.56. The number of nitrogens with one attached hydrogen (secondary N) is 1. The standard InChI is InChI=1S/C11H13N3O2S.ClH/c1-2-8(17-5-1)6-10-13-11(16-14-10)9-7-12-3-4-15-9;/h1-2,5,9,12H,3-4,6-7H2;1H. The van der Waals surface area contributed by atoms with E-state index in [4.69, 9.17) is 9.26 Å². The third-order valence-corrected chi connectivity index (χ3v) is 3.48. The van der Waals surface area contributed by atoms with Crippen molar-refractivity contribution in [3.63, 3.8) is 0 Å². The van der Waals surface area contributed by atoms with Gasteiger partial charge in [0.15, 0.2) is 5.82 Å². The molecule has 1 atom stereocenters. The van der Waals surface area contributed by atoms with Crippen molar-refractivity contribution >= 4 is 23.7 Å². The molecule has 0 amide bonds. The molecular weight excluding hydrogens is 274 g/mol. The van der Waals surface area contributed by atoms with Crippen molar-refractivity contribution in [2.24, 2.45) is 0 Å². The lowest BCUT2D eigenvalue weighted by Gasteiger charge is -2.19. The molecule has 18 heavy (non-hydrogen) atoms. The first-order valence-corrected chi connectivity index (χ1v) is 6.47. The molecule has 0 spiro atoms. The average Bonchev–Trinajstić information content (AvgIpc) is 3.02. The Hall–Kier alpha value is -0.950. The molecule has 98 valence electrons. The molecule has 1 saturated heterocycles. The summed E-state index contributed by atoms with van der Waals surface area (Å²) in [6.07, 6.45) is 0.620. The van der Waals surface area contributed by atoms with Crippen molar-refractivity contribution < 1.29 is 9.26 Å². The van der Waals surface area contributed by atoms with Crippen LogP contribution >= 0.6 is 23.7 Å². The lowest BCUT2D eigenvalue weighted by molar-refractivity contribution is 0.00755. The van der Waals surface area contributed by atoms with Crippen molar-refractivity contribution in [2.45, 2.75) is 12.5 Å². The maximum atomic E-state index is 5.56. The Balaban J connectivity index is 0.00000120. The predicted octanol–water partition coefficient (Wildman–Crippen LogP) is 1.80. The molecule has 2 aromatic heterocycles. The number of rotatable bonds is 3. The summed E-state index contributed by atoms with van der Waals surface area (Å²) in [6.45, 7) is 2.31. The van der Waals surface area contributed by atoms with Gasteiger partial charge in [-0.25, -0.2) is 0 Å². The lowest BCUT2D eigenvalue weighted by Crippen LogP contribution is -2.33. The van der Waals surface area contributed by atoms with E-state index in [0.29, 0.717) is 12.5 Å². The predicted molar refractivity (Wildman–Crippen MR) is 70.2 cm³/mol. The van der Waals surface area contributed by atoms with Gasteiger partial charge in [-0.2, -0.15) is 4.98 Å². The van der Waals surface area contributed by atoms with E-state index in [1.54, 1.807) is 11.3 Å². The lowest BCUT2D eigenvalue weighted by atomic mass is 10.3. The summed E-state index contributed by atoms with van der Waals surface area (Å²) in [5, 5.41) is 9.26. The molecule has 1 fully saturated rings. The van der Waals surface area contributed by atoms with Gasteiger partial charge in [0.05, 0.1) is 6.61 Å². The Morgan fingerprint density at radius 2 is 2.44 bits per heavy atom. The van der Waals surface area contributed by atoms with Gasteiger partial charge in [-0.1, -0.05) is 11.2 Å². The van der Waals surface area contributed by atoms with Crippen LogP contribution in [0.1, 0.15) is 22.7 Å². The maximum Gasteiger partial charge on any atom is 0.257 e. The minimum atomic E-state index is -0.103. The quantitative estimate of drug-likeness (QED) is 0.933. The smallest absolute Gasteiger partial charge is 0.257 e. The second-order valence-corrected chi connectivity index (χ2v) is 4.90. The van der Waals surface area contributed by atoms with Crippen molar-refractivity contribution in [3.05, 3.63) is 34.1 Å². The molecule has 5 nitrogen and oxygen atoms in total. The van der Waals surface area contributed by atoms with Gasteiger partial charge in [0.1, 0.15) is 6.10 Å². The Bertz CT molecular complexity index is 468. The molecular formula is C11H14ClN3O2S. The monoisotopic (exact) mass is 287 g/mol. The summed E-state index contributed by atoms with van der Waals surface area (Å²) < 4.78 is 10.8. The second kappa shape index (κ2) is 6.29. The van der Waals surface area contributed by atoms with Crippen molar-refractivity contribution in [2.75, 3.05) is 19.7 Å². The van der Waals surface area contributed by atoms with Gasteiger partial charge in [-0.15, -0.1) is 23.7 Å². The van der Waals surface area contributed by atoms with Crippen LogP contribution in [0.25, 0.3) is 0 Å². The Kier molecular flexibility index (Phi) is 4.71. The van der Waals surface area contributed by atoms with E-state index in [0.717, 1.165) is 25.3 Å². The average molecular weight is 288 g/mol. The molecule has 7 heteroatoms. The van der Waals surface area contributed by atoms with Crippen molar-refractivity contribution in [1.82, 2.24) is 15.5 Å². The normalized spacial score (nSPS) is 19.4. The fourth-order valence-electron chi connectivity index (χ4n) is 1.76. The number of aromatic nitrogens is 2. The third kappa shape index (κ3) is 3.08. The van der Waals surface area contributed by atoms with Crippen LogP contribution < -0.4 is 5.32 Å². The molecule has 0 saturated carbocycles. The third-order valence-electron chi connectivity index (χ3n) is 2.60. The molecule has 1 aliphatic rings. The first-order valence-electron chi connectivity index (χ1n) is 5.59. The molecule has 2 aromatic rings. The largest absolute Gasteiger partial charge is 0.366 e. The van der Waals surface area contributed by atoms with Gasteiger partial charge in [0.25, 0.3) is 5.89 Å². The highest BCUT2D eigenvalue weighted by molar-refractivity contribution is 7.09. The Morgan fingerprint density at radius 1 is 1.50 bits per heavy atom. The SMILES string of the molecule is Cl.c1csc(Cc2noc(C3CNCCO3)n2)c1. The number of ether oxygens (including phenoxy) is 1. The molecule has 0 aromatic carbocycles. The Labute approximate surface area is 115 Å². The molecule has 3 heterocycles. The number of nitrogens with zero attached hydrogens (tertiary/aromatic N) is 2. The van der Waals surface area contributed by atoms with Crippen LogP contribution in [-0.4, -0.2) is 29.8 Å². The van der Waals surface area contributed by atoms with Gasteiger partial charge >= 0.3 is 0 Å². The number of hydrogen-bond donors (Lipinski definition) is 1. The van der Waals surface area contributed by atoms with E-state index >= 15 is 0 Å². The molecule has 1 N–H and O–H groups in total. The van der Waals surface area contributed by atoms with Crippen LogP contribution in [-0.2, 0) is 11.2 Å². The van der Waals surface area contributed by atoms with E-state index in [2.05, 4.69) is 21.5 Å². The van der Waals surface area contributed by atoms with E-state index in [1.165, 1.54) is 4.88 Å².